The molecule has 0 saturated carbocycles. The number of rotatable bonds is 11. The van der Waals surface area contributed by atoms with Crippen LogP contribution in [-0.4, -0.2) is 78.9 Å². The summed E-state index contributed by atoms with van der Waals surface area (Å²) in [4.78, 5) is 27.8. The van der Waals surface area contributed by atoms with Gasteiger partial charge in [-0.05, 0) is 82.5 Å². The predicted octanol–water partition coefficient (Wildman–Crippen LogP) is 6.64. The Bertz CT molecular complexity index is 2020. The molecule has 10 nitrogen and oxygen atoms in total. The van der Waals surface area contributed by atoms with Gasteiger partial charge in [0.05, 0.1) is 33.0 Å². The van der Waals surface area contributed by atoms with Crippen molar-refractivity contribution in [1.82, 2.24) is 15.1 Å². The van der Waals surface area contributed by atoms with E-state index in [4.69, 9.17) is 18.9 Å². The normalized spacial score (nSPS) is 21.4. The second kappa shape index (κ2) is 17.0. The minimum Gasteiger partial charge on any atom is -0.493 e. The van der Waals surface area contributed by atoms with Crippen LogP contribution in [-0.2, 0) is 45.2 Å². The number of likely N-dealkylation sites (tertiary alicyclic amines) is 1. The van der Waals surface area contributed by atoms with Gasteiger partial charge < -0.3 is 34.3 Å². The molecular weight excluding hydrogens is 727 g/mol. The van der Waals surface area contributed by atoms with Crippen LogP contribution >= 0.6 is 0 Å². The van der Waals surface area contributed by atoms with E-state index in [2.05, 4.69) is 22.3 Å². The summed E-state index contributed by atoms with van der Waals surface area (Å²) < 4.78 is 63.8. The predicted molar refractivity (Wildman–Crippen MR) is 201 cm³/mol. The lowest BCUT2D eigenvalue weighted by molar-refractivity contribution is -0.253. The van der Waals surface area contributed by atoms with Crippen molar-refractivity contribution in [2.75, 3.05) is 33.9 Å². The Morgan fingerprint density at radius 2 is 1.57 bits per heavy atom. The van der Waals surface area contributed by atoms with Gasteiger partial charge >= 0.3 is 12.1 Å². The highest BCUT2D eigenvalue weighted by molar-refractivity contribution is 5.90. The van der Waals surface area contributed by atoms with E-state index >= 15 is 0 Å². The third-order valence-electron chi connectivity index (χ3n) is 10.8. The molecule has 2 amide bonds. The van der Waals surface area contributed by atoms with Crippen molar-refractivity contribution in [1.29, 1.82) is 0 Å². The van der Waals surface area contributed by atoms with E-state index in [0.29, 0.717) is 30.0 Å². The van der Waals surface area contributed by atoms with E-state index in [1.54, 1.807) is 14.2 Å². The molecule has 2 fully saturated rings. The molecule has 7 rings (SSSR count). The number of nitrogens with zero attached hydrogens (tertiary/aromatic N) is 2. The van der Waals surface area contributed by atoms with Crippen molar-refractivity contribution in [3.63, 3.8) is 0 Å². The highest BCUT2D eigenvalue weighted by Crippen LogP contribution is 2.40. The molecule has 3 heterocycles. The fraction of sp³-hybridized carbons (Fsp3) is 0.395. The number of carbonyl (C=O) groups excluding carboxylic acids is 2. The number of benzene rings is 4. The summed E-state index contributed by atoms with van der Waals surface area (Å²) in [6.07, 6.45) is -4.10. The van der Waals surface area contributed by atoms with Gasteiger partial charge in [0.15, 0.2) is 17.8 Å². The Hall–Kier alpha value is -4.95. The number of carbonyl (C=O) groups is 2. The SMILES string of the molecule is COc1cc2c(cc1OC)CN(CC1CC(c3ccc(CO)cc3)OC(c3cccc(-c4cccc(CNC(=O)C5CCCN5C(=O)C(F)(F)F)c4)c3)O1)CC2. The number of hydrogen-bond acceptors (Lipinski definition) is 8. The largest absolute Gasteiger partial charge is 0.493 e. The second-order valence-electron chi connectivity index (χ2n) is 14.5. The van der Waals surface area contributed by atoms with Crippen molar-refractivity contribution in [2.24, 2.45) is 0 Å². The summed E-state index contributed by atoms with van der Waals surface area (Å²) in [5.41, 5.74) is 7.60. The van der Waals surface area contributed by atoms with Gasteiger partial charge in [-0.3, -0.25) is 14.5 Å². The molecule has 4 aromatic carbocycles. The molecule has 4 atom stereocenters. The van der Waals surface area contributed by atoms with Crippen LogP contribution in [0.4, 0.5) is 13.2 Å². The number of alkyl halides is 3. The average Bonchev–Trinajstić information content (AvgIpc) is 3.72. The van der Waals surface area contributed by atoms with E-state index in [0.717, 1.165) is 58.6 Å². The first-order chi connectivity index (χ1) is 27.0. The zero-order chi connectivity index (χ0) is 39.4. The summed E-state index contributed by atoms with van der Waals surface area (Å²) in [7, 11) is 3.29. The molecule has 0 aromatic heterocycles. The number of aliphatic hydroxyl groups is 1. The van der Waals surface area contributed by atoms with Crippen molar-refractivity contribution in [3.05, 3.63) is 118 Å². The molecule has 4 unspecified atom stereocenters. The highest BCUT2D eigenvalue weighted by Gasteiger charge is 2.47. The van der Waals surface area contributed by atoms with Gasteiger partial charge in [-0.15, -0.1) is 0 Å². The lowest BCUT2D eigenvalue weighted by atomic mass is 9.96. The fourth-order valence-corrected chi connectivity index (χ4v) is 7.90. The van der Waals surface area contributed by atoms with E-state index in [-0.39, 0.29) is 38.3 Å². The third kappa shape index (κ3) is 8.86. The summed E-state index contributed by atoms with van der Waals surface area (Å²) in [5.74, 6) is -1.17. The number of ether oxygens (including phenoxy) is 4. The number of aliphatic hydroxyl groups excluding tert-OH is 1. The van der Waals surface area contributed by atoms with Gasteiger partial charge in [-0.2, -0.15) is 13.2 Å². The van der Waals surface area contributed by atoms with Crippen LogP contribution < -0.4 is 14.8 Å². The molecule has 0 radical (unpaired) electrons. The van der Waals surface area contributed by atoms with E-state index in [9.17, 15) is 27.9 Å². The molecule has 56 heavy (non-hydrogen) atoms. The van der Waals surface area contributed by atoms with Crippen LogP contribution in [0.3, 0.4) is 0 Å². The third-order valence-corrected chi connectivity index (χ3v) is 10.8. The smallest absolute Gasteiger partial charge is 0.471 e. The number of nitrogens with one attached hydrogen (secondary N) is 1. The van der Waals surface area contributed by atoms with Gasteiger partial charge in [0.25, 0.3) is 0 Å². The summed E-state index contributed by atoms with van der Waals surface area (Å²) in [5, 5.41) is 12.4. The van der Waals surface area contributed by atoms with Gasteiger partial charge in [0.2, 0.25) is 5.91 Å². The van der Waals surface area contributed by atoms with Crippen LogP contribution in [0.15, 0.2) is 84.9 Å². The number of methoxy groups -OCH3 is 2. The molecule has 3 aliphatic heterocycles. The number of halogens is 3. The summed E-state index contributed by atoms with van der Waals surface area (Å²) in [6, 6.07) is 26.2. The maximum absolute atomic E-state index is 13.1. The highest BCUT2D eigenvalue weighted by atomic mass is 19.4. The molecule has 2 N–H and O–H groups in total. The molecule has 4 aromatic rings. The zero-order valence-electron chi connectivity index (χ0n) is 31.4. The van der Waals surface area contributed by atoms with Crippen molar-refractivity contribution in [3.8, 4) is 22.6 Å². The van der Waals surface area contributed by atoms with Gasteiger partial charge in [-0.1, -0.05) is 60.7 Å². The maximum atomic E-state index is 13.1. The molecule has 13 heteroatoms. The maximum Gasteiger partial charge on any atom is 0.471 e. The van der Waals surface area contributed by atoms with Crippen LogP contribution in [0.2, 0.25) is 0 Å². The molecule has 2 saturated heterocycles. The first-order valence-corrected chi connectivity index (χ1v) is 18.8. The minimum atomic E-state index is -5.03. The standard InChI is InChI=1S/C43H46F3N3O7/c1-53-38-20-32-15-17-48(24-34(32)21-39(38)54-2)25-35-22-37(29-13-11-27(26-50)12-14-29)56-41(55-35)33-9-4-8-31(19-33)30-7-3-6-28(18-30)23-47-40(51)36-10-5-16-49(36)42(52)43(44,45)46/h3-4,6-9,11-14,18-21,35-37,41,50H,5,10,15-17,22-26H2,1-2H3,(H,47,51). The van der Waals surface area contributed by atoms with Crippen LogP contribution in [0.25, 0.3) is 11.1 Å². The number of fused-ring (bicyclic) bond motifs is 1. The van der Waals surface area contributed by atoms with Crippen molar-refractivity contribution >= 4 is 11.8 Å². The monoisotopic (exact) mass is 773 g/mol. The van der Waals surface area contributed by atoms with Gasteiger partial charge in [-0.25, -0.2) is 0 Å². The fourth-order valence-electron chi connectivity index (χ4n) is 7.90. The molecule has 0 bridgehead atoms. The average molecular weight is 774 g/mol. The lowest BCUT2D eigenvalue weighted by Crippen LogP contribution is -2.50. The van der Waals surface area contributed by atoms with Crippen LogP contribution in [0.5, 0.6) is 11.5 Å². The van der Waals surface area contributed by atoms with Crippen molar-refractivity contribution < 1.29 is 46.8 Å². The van der Waals surface area contributed by atoms with Gasteiger partial charge in [0.1, 0.15) is 6.04 Å². The topological polar surface area (TPSA) is 110 Å². The number of amides is 2. The van der Waals surface area contributed by atoms with E-state index in [1.807, 2.05) is 72.8 Å². The van der Waals surface area contributed by atoms with E-state index in [1.165, 1.54) is 11.1 Å². The molecule has 0 aliphatic carbocycles. The Morgan fingerprint density at radius 3 is 2.29 bits per heavy atom. The molecule has 3 aliphatic rings. The first-order valence-electron chi connectivity index (χ1n) is 18.8. The quantitative estimate of drug-likeness (QED) is 0.175. The van der Waals surface area contributed by atoms with Crippen LogP contribution in [0.1, 0.15) is 65.0 Å². The van der Waals surface area contributed by atoms with E-state index < -0.39 is 30.3 Å². The molecular formula is C43H46F3N3O7. The summed E-state index contributed by atoms with van der Waals surface area (Å²) in [6.45, 7) is 2.23. The zero-order valence-corrected chi connectivity index (χ0v) is 31.4. The lowest BCUT2D eigenvalue weighted by Gasteiger charge is -2.39. The minimum absolute atomic E-state index is 0.0459. The van der Waals surface area contributed by atoms with Crippen molar-refractivity contribution in [2.45, 2.75) is 76.1 Å². The Morgan fingerprint density at radius 1 is 0.857 bits per heavy atom. The molecule has 296 valence electrons. The Kier molecular flexibility index (Phi) is 12.0. The molecule has 0 spiro atoms. The van der Waals surface area contributed by atoms with Crippen LogP contribution in [0, 0.1) is 0 Å². The van der Waals surface area contributed by atoms with Gasteiger partial charge in [0, 0.05) is 44.7 Å². The Labute approximate surface area is 324 Å². The first kappa shape index (κ1) is 39.3. The Balaban J connectivity index is 1.07. The number of hydrogen-bond donors (Lipinski definition) is 2. The second-order valence-corrected chi connectivity index (χ2v) is 14.5. The summed E-state index contributed by atoms with van der Waals surface area (Å²) >= 11 is 0.